The Bertz CT molecular complexity index is 460. The smallest absolute Gasteiger partial charge is 0.106 e. The molecule has 0 aromatic carbocycles. The minimum Gasteiger partial charge on any atom is -0.389 e. The number of aliphatic hydroxyl groups is 1. The van der Waals surface area contributed by atoms with Gasteiger partial charge in [0.05, 0.1) is 6.10 Å². The largest absolute Gasteiger partial charge is 0.389 e. The lowest BCUT2D eigenvalue weighted by Crippen LogP contribution is -1.95. The summed E-state index contributed by atoms with van der Waals surface area (Å²) in [5.41, 5.74) is 0.851. The van der Waals surface area contributed by atoms with E-state index < -0.39 is 6.10 Å². The zero-order chi connectivity index (χ0) is 11.4. The van der Waals surface area contributed by atoms with Crippen molar-refractivity contribution in [2.75, 3.05) is 0 Å². The zero-order valence-electron chi connectivity index (χ0n) is 8.87. The molecule has 0 aliphatic heterocycles. The molecule has 2 rings (SSSR count). The predicted octanol–water partition coefficient (Wildman–Crippen LogP) is 2.68. The molecular weight excluding hydrogens is 220 g/mol. The Kier molecular flexibility index (Phi) is 3.54. The van der Waals surface area contributed by atoms with Gasteiger partial charge in [0.25, 0.3) is 0 Å². The van der Waals surface area contributed by atoms with Crippen LogP contribution in [0.15, 0.2) is 52.8 Å². The van der Waals surface area contributed by atoms with E-state index in [0.29, 0.717) is 0 Å². The Balaban J connectivity index is 2.28. The fourth-order valence-electron chi connectivity index (χ4n) is 1.32. The van der Waals surface area contributed by atoms with Gasteiger partial charge in [0.1, 0.15) is 5.03 Å². The van der Waals surface area contributed by atoms with Crippen molar-refractivity contribution < 1.29 is 5.11 Å². The zero-order valence-corrected chi connectivity index (χ0v) is 9.69. The molecule has 1 N–H and O–H groups in total. The summed E-state index contributed by atoms with van der Waals surface area (Å²) in [7, 11) is 0. The molecule has 2 aromatic heterocycles. The maximum Gasteiger partial charge on any atom is 0.106 e. The fourth-order valence-corrected chi connectivity index (χ4v) is 2.28. The number of rotatable bonds is 3. The van der Waals surface area contributed by atoms with E-state index in [0.717, 1.165) is 15.5 Å². The second-order valence-corrected chi connectivity index (χ2v) is 4.42. The maximum atomic E-state index is 9.62. The van der Waals surface area contributed by atoms with Crippen LogP contribution >= 0.6 is 11.8 Å². The average Bonchev–Trinajstić information content (AvgIpc) is 2.31. The molecule has 4 heteroatoms. The van der Waals surface area contributed by atoms with Crippen molar-refractivity contribution in [2.45, 2.75) is 22.9 Å². The Morgan fingerprint density at radius 2 is 1.94 bits per heavy atom. The van der Waals surface area contributed by atoms with E-state index >= 15 is 0 Å². The third-order valence-electron chi connectivity index (χ3n) is 2.11. The molecule has 16 heavy (non-hydrogen) atoms. The van der Waals surface area contributed by atoms with Crippen LogP contribution in [0.4, 0.5) is 0 Å². The van der Waals surface area contributed by atoms with Crippen LogP contribution < -0.4 is 0 Å². The van der Waals surface area contributed by atoms with E-state index in [2.05, 4.69) is 9.97 Å². The molecule has 0 unspecified atom stereocenters. The molecule has 1 atom stereocenters. The highest BCUT2D eigenvalue weighted by atomic mass is 32.2. The Hall–Kier alpha value is -1.39. The normalized spacial score (nSPS) is 12.4. The monoisotopic (exact) mass is 232 g/mol. The molecule has 0 aliphatic carbocycles. The number of aliphatic hydroxyl groups excluding tert-OH is 1. The summed E-state index contributed by atoms with van der Waals surface area (Å²) in [5.74, 6) is 0. The molecule has 0 amide bonds. The topological polar surface area (TPSA) is 46.0 Å². The summed E-state index contributed by atoms with van der Waals surface area (Å²) < 4.78 is 0. The van der Waals surface area contributed by atoms with Gasteiger partial charge >= 0.3 is 0 Å². The van der Waals surface area contributed by atoms with Crippen LogP contribution in [0.25, 0.3) is 0 Å². The average molecular weight is 232 g/mol. The lowest BCUT2D eigenvalue weighted by atomic mass is 10.2. The van der Waals surface area contributed by atoms with E-state index in [9.17, 15) is 5.11 Å². The van der Waals surface area contributed by atoms with Crippen LogP contribution in [0.1, 0.15) is 18.6 Å². The van der Waals surface area contributed by atoms with Crippen LogP contribution in [0.3, 0.4) is 0 Å². The van der Waals surface area contributed by atoms with Gasteiger partial charge in [0.2, 0.25) is 0 Å². The standard InChI is InChI=1S/C12H12N2OS/c1-9(15)11-3-2-6-14-12(11)16-10-4-7-13-8-5-10/h2-9,15H,1H3/t9-/m1/s1. The number of pyridine rings is 2. The Morgan fingerprint density at radius 3 is 2.62 bits per heavy atom. The maximum absolute atomic E-state index is 9.62. The molecule has 0 aliphatic rings. The molecule has 0 saturated heterocycles. The second kappa shape index (κ2) is 5.09. The summed E-state index contributed by atoms with van der Waals surface area (Å²) in [6, 6.07) is 7.57. The van der Waals surface area contributed by atoms with Gasteiger partial charge in [-0.15, -0.1) is 0 Å². The summed E-state index contributed by atoms with van der Waals surface area (Å²) in [4.78, 5) is 9.30. The first-order valence-corrected chi connectivity index (χ1v) is 5.80. The fraction of sp³-hybridized carbons (Fsp3) is 0.167. The third-order valence-corrected chi connectivity index (χ3v) is 3.16. The van der Waals surface area contributed by atoms with Gasteiger partial charge in [-0.25, -0.2) is 4.98 Å². The first-order chi connectivity index (χ1) is 7.77. The first-order valence-electron chi connectivity index (χ1n) is 4.98. The van der Waals surface area contributed by atoms with Gasteiger partial charge in [0, 0.05) is 29.0 Å². The molecule has 2 aromatic rings. The number of hydrogen-bond acceptors (Lipinski definition) is 4. The van der Waals surface area contributed by atoms with Crippen LogP contribution in [0.2, 0.25) is 0 Å². The number of hydrogen-bond donors (Lipinski definition) is 1. The lowest BCUT2D eigenvalue weighted by Gasteiger charge is -2.09. The molecule has 0 fully saturated rings. The van der Waals surface area contributed by atoms with Crippen molar-refractivity contribution in [3.05, 3.63) is 48.4 Å². The molecule has 2 heterocycles. The number of nitrogens with zero attached hydrogens (tertiary/aromatic N) is 2. The van der Waals surface area contributed by atoms with E-state index in [4.69, 9.17) is 0 Å². The van der Waals surface area contributed by atoms with Gasteiger partial charge in [-0.1, -0.05) is 17.8 Å². The van der Waals surface area contributed by atoms with Gasteiger partial charge < -0.3 is 5.11 Å². The lowest BCUT2D eigenvalue weighted by molar-refractivity contribution is 0.195. The SMILES string of the molecule is C[C@@H](O)c1cccnc1Sc1ccncc1. The van der Waals surface area contributed by atoms with Crippen LogP contribution in [-0.4, -0.2) is 15.1 Å². The highest BCUT2D eigenvalue weighted by Crippen LogP contribution is 2.30. The molecule has 3 nitrogen and oxygen atoms in total. The molecular formula is C12H12N2OS. The summed E-state index contributed by atoms with van der Waals surface area (Å²) in [5, 5.41) is 10.5. The molecule has 82 valence electrons. The van der Waals surface area contributed by atoms with Crippen LogP contribution in [-0.2, 0) is 0 Å². The molecule has 0 spiro atoms. The van der Waals surface area contributed by atoms with Crippen molar-refractivity contribution in [3.8, 4) is 0 Å². The minimum atomic E-state index is -0.502. The van der Waals surface area contributed by atoms with Gasteiger partial charge in [-0.05, 0) is 25.1 Å². The Morgan fingerprint density at radius 1 is 1.19 bits per heavy atom. The van der Waals surface area contributed by atoms with E-state index in [-0.39, 0.29) is 0 Å². The molecule has 0 bridgehead atoms. The molecule has 0 radical (unpaired) electrons. The summed E-state index contributed by atoms with van der Waals surface area (Å²) >= 11 is 1.53. The Labute approximate surface area is 98.6 Å². The van der Waals surface area contributed by atoms with Crippen molar-refractivity contribution in [1.82, 2.24) is 9.97 Å². The van der Waals surface area contributed by atoms with Crippen molar-refractivity contribution >= 4 is 11.8 Å². The quantitative estimate of drug-likeness (QED) is 0.883. The predicted molar refractivity (Wildman–Crippen MR) is 63.2 cm³/mol. The highest BCUT2D eigenvalue weighted by Gasteiger charge is 2.09. The summed E-state index contributed by atoms with van der Waals surface area (Å²) in [6.45, 7) is 1.74. The van der Waals surface area contributed by atoms with Gasteiger partial charge in [-0.2, -0.15) is 0 Å². The van der Waals surface area contributed by atoms with Crippen molar-refractivity contribution in [1.29, 1.82) is 0 Å². The number of aromatic nitrogens is 2. The third kappa shape index (κ3) is 2.59. The second-order valence-electron chi connectivity index (χ2n) is 3.36. The van der Waals surface area contributed by atoms with Gasteiger partial charge in [-0.3, -0.25) is 4.98 Å². The van der Waals surface area contributed by atoms with E-state index in [1.165, 1.54) is 11.8 Å². The molecule has 0 saturated carbocycles. The van der Waals surface area contributed by atoms with Crippen LogP contribution in [0.5, 0.6) is 0 Å². The van der Waals surface area contributed by atoms with Crippen LogP contribution in [0, 0.1) is 0 Å². The van der Waals surface area contributed by atoms with E-state index in [1.807, 2.05) is 24.3 Å². The van der Waals surface area contributed by atoms with Gasteiger partial charge in [0.15, 0.2) is 0 Å². The highest BCUT2D eigenvalue weighted by molar-refractivity contribution is 7.99. The van der Waals surface area contributed by atoms with Crippen molar-refractivity contribution in [3.63, 3.8) is 0 Å². The summed E-state index contributed by atoms with van der Waals surface area (Å²) in [6.07, 6.45) is 4.72. The van der Waals surface area contributed by atoms with Crippen molar-refractivity contribution in [2.24, 2.45) is 0 Å². The minimum absolute atomic E-state index is 0.502. The van der Waals surface area contributed by atoms with E-state index in [1.54, 1.807) is 25.5 Å². The first kappa shape index (κ1) is 11.1.